The molecule has 0 fully saturated rings. The largest absolute Gasteiger partial charge is 0.497 e. The summed E-state index contributed by atoms with van der Waals surface area (Å²) in [6.45, 7) is 0. The van der Waals surface area contributed by atoms with Crippen LogP contribution in [0.5, 0.6) is 5.75 Å². The maximum atomic E-state index is 5.16. The Kier molecular flexibility index (Phi) is 5.04. The molecule has 15 heavy (non-hydrogen) atoms. The van der Waals surface area contributed by atoms with Crippen LogP contribution in [0.15, 0.2) is 29.3 Å². The minimum atomic E-state index is 0.894. The molecule has 0 spiro atoms. The van der Waals surface area contributed by atoms with Gasteiger partial charge in [0.2, 0.25) is 0 Å². The highest BCUT2D eigenvalue weighted by Crippen LogP contribution is 2.17. The Bertz CT molecular complexity index is 339. The number of hydrogen-bond donors (Lipinski definition) is 1. The molecule has 0 heterocycles. The quantitative estimate of drug-likeness (QED) is 0.631. The predicted molar refractivity (Wildman–Crippen MR) is 66.7 cm³/mol. The number of amidine groups is 1. The summed E-state index contributed by atoms with van der Waals surface area (Å²) in [5.74, 6) is 1.79. The zero-order chi connectivity index (χ0) is 11.1. The van der Waals surface area contributed by atoms with Gasteiger partial charge >= 0.3 is 0 Å². The lowest BCUT2D eigenvalue weighted by Crippen LogP contribution is -2.13. The Morgan fingerprint density at radius 1 is 1.53 bits per heavy atom. The van der Waals surface area contributed by atoms with Crippen molar-refractivity contribution < 1.29 is 4.74 Å². The van der Waals surface area contributed by atoms with Gasteiger partial charge in [0.15, 0.2) is 5.17 Å². The zero-order valence-corrected chi connectivity index (χ0v) is 10.1. The van der Waals surface area contributed by atoms with E-state index in [1.807, 2.05) is 25.2 Å². The standard InChI is InChI=1S/C11H16N2OS/c1-12-11(13-2)15-8-9-5-4-6-10(7-9)14-3/h4-7H,8H2,1-3H3,(H,12,13). The van der Waals surface area contributed by atoms with Crippen LogP contribution < -0.4 is 10.1 Å². The van der Waals surface area contributed by atoms with Crippen LogP contribution in [0.3, 0.4) is 0 Å². The van der Waals surface area contributed by atoms with Gasteiger partial charge in [-0.1, -0.05) is 23.9 Å². The van der Waals surface area contributed by atoms with Gasteiger partial charge < -0.3 is 10.1 Å². The molecule has 0 saturated heterocycles. The van der Waals surface area contributed by atoms with Crippen LogP contribution >= 0.6 is 11.8 Å². The lowest BCUT2D eigenvalue weighted by atomic mass is 10.2. The van der Waals surface area contributed by atoms with Gasteiger partial charge in [-0.15, -0.1) is 0 Å². The molecule has 1 rings (SSSR count). The molecule has 1 N–H and O–H groups in total. The average Bonchev–Trinajstić information content (AvgIpc) is 2.31. The highest BCUT2D eigenvalue weighted by Gasteiger charge is 1.99. The van der Waals surface area contributed by atoms with Crippen LogP contribution in [0.4, 0.5) is 0 Å². The van der Waals surface area contributed by atoms with E-state index in [1.54, 1.807) is 25.9 Å². The van der Waals surface area contributed by atoms with Crippen LogP contribution in [0.2, 0.25) is 0 Å². The summed E-state index contributed by atoms with van der Waals surface area (Å²) >= 11 is 1.68. The number of nitrogens with zero attached hydrogens (tertiary/aromatic N) is 1. The molecule has 0 aliphatic rings. The number of thioether (sulfide) groups is 1. The molecule has 1 aromatic rings. The molecule has 3 nitrogen and oxygen atoms in total. The van der Waals surface area contributed by atoms with E-state index in [1.165, 1.54) is 5.56 Å². The van der Waals surface area contributed by atoms with E-state index in [4.69, 9.17) is 4.74 Å². The number of nitrogens with one attached hydrogen (secondary N) is 1. The molecular formula is C11H16N2OS. The smallest absolute Gasteiger partial charge is 0.156 e. The third-order valence-corrected chi connectivity index (χ3v) is 3.06. The molecule has 4 heteroatoms. The molecule has 82 valence electrons. The number of hydrogen-bond acceptors (Lipinski definition) is 3. The molecule has 0 aliphatic heterocycles. The van der Waals surface area contributed by atoms with E-state index in [-0.39, 0.29) is 0 Å². The SMILES string of the molecule is CN=C(NC)SCc1cccc(OC)c1. The van der Waals surface area contributed by atoms with Crippen molar-refractivity contribution in [3.63, 3.8) is 0 Å². The molecule has 0 saturated carbocycles. The third-order valence-electron chi connectivity index (χ3n) is 1.93. The van der Waals surface area contributed by atoms with Gasteiger partial charge in [0.1, 0.15) is 5.75 Å². The maximum Gasteiger partial charge on any atom is 0.156 e. The van der Waals surface area contributed by atoms with Gasteiger partial charge in [-0.3, -0.25) is 4.99 Å². The molecule has 0 unspecified atom stereocenters. The van der Waals surface area contributed by atoms with Crippen molar-refractivity contribution in [3.05, 3.63) is 29.8 Å². The topological polar surface area (TPSA) is 33.6 Å². The maximum absolute atomic E-state index is 5.16. The monoisotopic (exact) mass is 224 g/mol. The second kappa shape index (κ2) is 6.35. The lowest BCUT2D eigenvalue weighted by molar-refractivity contribution is 0.414. The first kappa shape index (κ1) is 11.9. The van der Waals surface area contributed by atoms with E-state index in [0.717, 1.165) is 16.7 Å². The summed E-state index contributed by atoms with van der Waals surface area (Å²) in [5.41, 5.74) is 1.23. The molecule has 0 bridgehead atoms. The molecule has 0 amide bonds. The minimum absolute atomic E-state index is 0.894. The summed E-state index contributed by atoms with van der Waals surface area (Å²) in [4.78, 5) is 4.10. The molecular weight excluding hydrogens is 208 g/mol. The Morgan fingerprint density at radius 2 is 2.33 bits per heavy atom. The number of rotatable bonds is 3. The van der Waals surface area contributed by atoms with Crippen LogP contribution in [-0.4, -0.2) is 26.4 Å². The number of aliphatic imine (C=N–C) groups is 1. The van der Waals surface area contributed by atoms with Gasteiger partial charge in [-0.2, -0.15) is 0 Å². The highest BCUT2D eigenvalue weighted by atomic mass is 32.2. The summed E-state index contributed by atoms with van der Waals surface area (Å²) in [6, 6.07) is 8.06. The Morgan fingerprint density at radius 3 is 2.93 bits per heavy atom. The molecule has 0 radical (unpaired) electrons. The minimum Gasteiger partial charge on any atom is -0.497 e. The van der Waals surface area contributed by atoms with Crippen LogP contribution in [-0.2, 0) is 5.75 Å². The van der Waals surface area contributed by atoms with E-state index in [2.05, 4.69) is 16.4 Å². The molecule has 0 atom stereocenters. The van der Waals surface area contributed by atoms with Crippen molar-refractivity contribution in [2.75, 3.05) is 21.2 Å². The van der Waals surface area contributed by atoms with Gasteiger partial charge in [-0.25, -0.2) is 0 Å². The predicted octanol–water partition coefficient (Wildman–Crippen LogP) is 2.13. The van der Waals surface area contributed by atoms with Crippen molar-refractivity contribution in [1.82, 2.24) is 5.32 Å². The fourth-order valence-electron chi connectivity index (χ4n) is 1.16. The Balaban J connectivity index is 2.57. The summed E-state index contributed by atoms with van der Waals surface area (Å²) in [5, 5.41) is 3.97. The van der Waals surface area contributed by atoms with Crippen LogP contribution in [0.25, 0.3) is 0 Å². The van der Waals surface area contributed by atoms with E-state index < -0.39 is 0 Å². The van der Waals surface area contributed by atoms with E-state index >= 15 is 0 Å². The summed E-state index contributed by atoms with van der Waals surface area (Å²) in [6.07, 6.45) is 0. The van der Waals surface area contributed by atoms with E-state index in [9.17, 15) is 0 Å². The molecule has 1 aromatic carbocycles. The number of ether oxygens (including phenoxy) is 1. The normalized spacial score (nSPS) is 11.3. The second-order valence-corrected chi connectivity index (χ2v) is 3.88. The van der Waals surface area contributed by atoms with Crippen molar-refractivity contribution in [3.8, 4) is 5.75 Å². The molecule has 0 aromatic heterocycles. The van der Waals surface area contributed by atoms with Gasteiger partial charge in [0.25, 0.3) is 0 Å². The van der Waals surface area contributed by atoms with Crippen molar-refractivity contribution in [1.29, 1.82) is 0 Å². The zero-order valence-electron chi connectivity index (χ0n) is 9.28. The van der Waals surface area contributed by atoms with Crippen molar-refractivity contribution in [2.45, 2.75) is 5.75 Å². The fraction of sp³-hybridized carbons (Fsp3) is 0.364. The van der Waals surface area contributed by atoms with Crippen molar-refractivity contribution >= 4 is 16.9 Å². The lowest BCUT2D eigenvalue weighted by Gasteiger charge is -2.05. The van der Waals surface area contributed by atoms with Gasteiger partial charge in [-0.05, 0) is 17.7 Å². The third kappa shape index (κ3) is 3.83. The Labute approximate surface area is 94.9 Å². The van der Waals surface area contributed by atoms with Crippen LogP contribution in [0.1, 0.15) is 5.56 Å². The first-order valence-corrected chi connectivity index (χ1v) is 5.69. The summed E-state index contributed by atoms with van der Waals surface area (Å²) in [7, 11) is 5.34. The average molecular weight is 224 g/mol. The Hall–Kier alpha value is -1.16. The highest BCUT2D eigenvalue weighted by molar-refractivity contribution is 8.13. The van der Waals surface area contributed by atoms with Crippen molar-refractivity contribution in [2.24, 2.45) is 4.99 Å². The second-order valence-electron chi connectivity index (χ2n) is 2.92. The van der Waals surface area contributed by atoms with Crippen LogP contribution in [0, 0.1) is 0 Å². The first-order chi connectivity index (χ1) is 7.30. The summed E-state index contributed by atoms with van der Waals surface area (Å²) < 4.78 is 5.16. The fourth-order valence-corrected chi connectivity index (χ4v) is 1.92. The number of benzene rings is 1. The van der Waals surface area contributed by atoms with E-state index in [0.29, 0.717) is 0 Å². The molecule has 0 aliphatic carbocycles. The van der Waals surface area contributed by atoms with Gasteiger partial charge in [0.05, 0.1) is 7.11 Å². The van der Waals surface area contributed by atoms with Gasteiger partial charge in [0, 0.05) is 19.8 Å². The number of methoxy groups -OCH3 is 1. The first-order valence-electron chi connectivity index (χ1n) is 4.70.